The van der Waals surface area contributed by atoms with Gasteiger partial charge in [0.2, 0.25) is 0 Å². The largest absolute Gasteiger partial charge is 0.0848 e. The Bertz CT molecular complexity index is 120. The SMILES string of the molecule is [CH2]CCCCC/C=C\C=C/CC. The normalized spacial score (nSPS) is 11.8. The lowest BCUT2D eigenvalue weighted by molar-refractivity contribution is 0.695. The van der Waals surface area contributed by atoms with E-state index >= 15 is 0 Å². The van der Waals surface area contributed by atoms with Gasteiger partial charge < -0.3 is 0 Å². The summed E-state index contributed by atoms with van der Waals surface area (Å²) >= 11 is 0. The van der Waals surface area contributed by atoms with Gasteiger partial charge in [0, 0.05) is 0 Å². The topological polar surface area (TPSA) is 0 Å². The van der Waals surface area contributed by atoms with Gasteiger partial charge in [-0.3, -0.25) is 0 Å². The van der Waals surface area contributed by atoms with Crippen molar-refractivity contribution in [2.24, 2.45) is 0 Å². The summed E-state index contributed by atoms with van der Waals surface area (Å²) in [7, 11) is 0. The first kappa shape index (κ1) is 11.5. The molecule has 0 atom stereocenters. The smallest absolute Gasteiger partial charge is 0.0348 e. The number of allylic oxidation sites excluding steroid dienone is 4. The predicted molar refractivity (Wildman–Crippen MR) is 57.0 cm³/mol. The highest BCUT2D eigenvalue weighted by atomic mass is 13.9. The van der Waals surface area contributed by atoms with E-state index in [4.69, 9.17) is 0 Å². The van der Waals surface area contributed by atoms with E-state index in [2.05, 4.69) is 38.2 Å². The van der Waals surface area contributed by atoms with Gasteiger partial charge in [-0.15, -0.1) is 0 Å². The second-order valence-corrected chi connectivity index (χ2v) is 2.97. The molecule has 0 N–H and O–H groups in total. The van der Waals surface area contributed by atoms with E-state index < -0.39 is 0 Å². The lowest BCUT2D eigenvalue weighted by Crippen LogP contribution is -1.73. The lowest BCUT2D eigenvalue weighted by Gasteiger charge is -1.92. The molecule has 0 heteroatoms. The Hall–Kier alpha value is -0.520. The molecule has 0 fully saturated rings. The van der Waals surface area contributed by atoms with Gasteiger partial charge in [0.05, 0.1) is 0 Å². The van der Waals surface area contributed by atoms with Crippen LogP contribution in [-0.4, -0.2) is 0 Å². The molecule has 0 rings (SSSR count). The van der Waals surface area contributed by atoms with Gasteiger partial charge in [0.1, 0.15) is 0 Å². The average molecular weight is 165 g/mol. The van der Waals surface area contributed by atoms with Crippen LogP contribution in [0.3, 0.4) is 0 Å². The summed E-state index contributed by atoms with van der Waals surface area (Å²) in [5.74, 6) is 0. The summed E-state index contributed by atoms with van der Waals surface area (Å²) in [5.41, 5.74) is 0. The van der Waals surface area contributed by atoms with E-state index in [-0.39, 0.29) is 0 Å². The molecule has 0 unspecified atom stereocenters. The summed E-state index contributed by atoms with van der Waals surface area (Å²) in [4.78, 5) is 0. The van der Waals surface area contributed by atoms with Crippen LogP contribution in [-0.2, 0) is 0 Å². The molecule has 0 aromatic carbocycles. The molecule has 0 bridgehead atoms. The molecule has 0 aliphatic carbocycles. The van der Waals surface area contributed by atoms with Gasteiger partial charge in [0.25, 0.3) is 0 Å². The van der Waals surface area contributed by atoms with Crippen LogP contribution in [0.4, 0.5) is 0 Å². The highest BCUT2D eigenvalue weighted by Gasteiger charge is 1.82. The van der Waals surface area contributed by atoms with Crippen LogP contribution in [0.15, 0.2) is 24.3 Å². The van der Waals surface area contributed by atoms with E-state index in [0.717, 1.165) is 12.8 Å². The van der Waals surface area contributed by atoms with Crippen molar-refractivity contribution in [1.29, 1.82) is 0 Å². The van der Waals surface area contributed by atoms with Crippen LogP contribution in [0.2, 0.25) is 0 Å². The molecule has 69 valence electrons. The molecule has 0 saturated carbocycles. The number of unbranched alkanes of at least 4 members (excludes halogenated alkanes) is 4. The fraction of sp³-hybridized carbons (Fsp3) is 0.583. The van der Waals surface area contributed by atoms with Crippen molar-refractivity contribution in [3.63, 3.8) is 0 Å². The van der Waals surface area contributed by atoms with Crippen molar-refractivity contribution in [2.75, 3.05) is 0 Å². The van der Waals surface area contributed by atoms with Gasteiger partial charge in [-0.2, -0.15) is 0 Å². The summed E-state index contributed by atoms with van der Waals surface area (Å²) < 4.78 is 0. The maximum atomic E-state index is 3.81. The Morgan fingerprint density at radius 2 is 1.75 bits per heavy atom. The maximum Gasteiger partial charge on any atom is -0.0348 e. The highest BCUT2D eigenvalue weighted by Crippen LogP contribution is 2.02. The van der Waals surface area contributed by atoms with Crippen molar-refractivity contribution in [1.82, 2.24) is 0 Å². The molecule has 0 aliphatic heterocycles. The van der Waals surface area contributed by atoms with Crippen molar-refractivity contribution in [3.8, 4) is 0 Å². The van der Waals surface area contributed by atoms with Crippen LogP contribution < -0.4 is 0 Å². The van der Waals surface area contributed by atoms with Crippen molar-refractivity contribution in [2.45, 2.75) is 45.4 Å². The van der Waals surface area contributed by atoms with Crippen LogP contribution >= 0.6 is 0 Å². The van der Waals surface area contributed by atoms with E-state index in [1.54, 1.807) is 0 Å². The minimum Gasteiger partial charge on any atom is -0.0848 e. The zero-order valence-electron chi connectivity index (χ0n) is 8.26. The van der Waals surface area contributed by atoms with Crippen LogP contribution in [0.25, 0.3) is 0 Å². The van der Waals surface area contributed by atoms with Gasteiger partial charge >= 0.3 is 0 Å². The van der Waals surface area contributed by atoms with Crippen LogP contribution in [0.1, 0.15) is 45.4 Å². The molecule has 0 spiro atoms. The van der Waals surface area contributed by atoms with Gasteiger partial charge in [-0.25, -0.2) is 0 Å². The van der Waals surface area contributed by atoms with Crippen LogP contribution in [0.5, 0.6) is 0 Å². The third-order valence-corrected chi connectivity index (χ3v) is 1.74. The molecule has 0 saturated heterocycles. The van der Waals surface area contributed by atoms with Crippen molar-refractivity contribution in [3.05, 3.63) is 31.2 Å². The third-order valence-electron chi connectivity index (χ3n) is 1.74. The van der Waals surface area contributed by atoms with E-state index in [9.17, 15) is 0 Å². The zero-order chi connectivity index (χ0) is 9.07. The average Bonchev–Trinajstić information content (AvgIpc) is 2.10. The molecule has 0 nitrogen and oxygen atoms in total. The Labute approximate surface area is 77.4 Å². The van der Waals surface area contributed by atoms with Crippen molar-refractivity contribution < 1.29 is 0 Å². The lowest BCUT2D eigenvalue weighted by atomic mass is 10.1. The number of rotatable bonds is 7. The van der Waals surface area contributed by atoms with Crippen LogP contribution in [0, 0.1) is 6.92 Å². The summed E-state index contributed by atoms with van der Waals surface area (Å²) in [5, 5.41) is 0. The predicted octanol–water partition coefficient (Wildman–Crippen LogP) is 4.29. The molecule has 0 aromatic heterocycles. The fourth-order valence-electron chi connectivity index (χ4n) is 1.01. The maximum absolute atomic E-state index is 3.81. The molecule has 0 heterocycles. The minimum absolute atomic E-state index is 1.08. The summed E-state index contributed by atoms with van der Waals surface area (Å²) in [6.07, 6.45) is 16.0. The number of hydrogen-bond donors (Lipinski definition) is 0. The van der Waals surface area contributed by atoms with E-state index in [1.807, 2.05) is 0 Å². The molecule has 12 heavy (non-hydrogen) atoms. The summed E-state index contributed by atoms with van der Waals surface area (Å²) in [6.45, 7) is 5.97. The quantitative estimate of drug-likeness (QED) is 0.390. The summed E-state index contributed by atoms with van der Waals surface area (Å²) in [6, 6.07) is 0. The first-order valence-electron chi connectivity index (χ1n) is 5.02. The minimum atomic E-state index is 1.08. The molecular formula is C12H21. The first-order valence-corrected chi connectivity index (χ1v) is 5.02. The Morgan fingerprint density at radius 3 is 2.42 bits per heavy atom. The first-order chi connectivity index (χ1) is 5.91. The monoisotopic (exact) mass is 165 g/mol. The Morgan fingerprint density at radius 1 is 1.00 bits per heavy atom. The molecule has 0 aliphatic rings. The molecule has 0 aromatic rings. The Kier molecular flexibility index (Phi) is 10.0. The fourth-order valence-corrected chi connectivity index (χ4v) is 1.01. The van der Waals surface area contributed by atoms with Gasteiger partial charge in [-0.05, 0) is 19.3 Å². The van der Waals surface area contributed by atoms with E-state index in [1.165, 1.54) is 25.7 Å². The molecule has 1 radical (unpaired) electrons. The zero-order valence-corrected chi connectivity index (χ0v) is 8.26. The highest BCUT2D eigenvalue weighted by molar-refractivity contribution is 5.01. The van der Waals surface area contributed by atoms with Gasteiger partial charge in [0.15, 0.2) is 0 Å². The van der Waals surface area contributed by atoms with Gasteiger partial charge in [-0.1, -0.05) is 57.4 Å². The molecular weight excluding hydrogens is 144 g/mol. The second-order valence-electron chi connectivity index (χ2n) is 2.97. The third kappa shape index (κ3) is 9.48. The van der Waals surface area contributed by atoms with E-state index in [0.29, 0.717) is 0 Å². The molecule has 0 amide bonds. The van der Waals surface area contributed by atoms with Crippen molar-refractivity contribution >= 4 is 0 Å². The second kappa shape index (κ2) is 10.5. The number of hydrogen-bond acceptors (Lipinski definition) is 0. The standard InChI is InChI=1S/C12H21/c1-3-5-7-9-11-12-10-8-6-4-2/h6,8,10,12H,1,3-5,7,9,11H2,2H3/b8-6-,12-10-. The Balaban J connectivity index is 3.07.